The van der Waals surface area contributed by atoms with E-state index in [1.165, 1.54) is 20.3 Å². The molecular weight excluding hydrogens is 382 g/mol. The Hall–Kier alpha value is -3.80. The molecule has 3 aromatic carbocycles. The van der Waals surface area contributed by atoms with Crippen molar-refractivity contribution in [3.05, 3.63) is 95.6 Å². The third kappa shape index (κ3) is 5.17. The summed E-state index contributed by atoms with van der Waals surface area (Å²) in [6, 6.07) is 23.6. The Bertz CT molecular complexity index is 949. The molecule has 6 heteroatoms. The standard InChI is InChI=1S/C24H23NO5/c1-28-19-13-14-21(29-2)20(15-19)24(27)30-16-22(26)25-23(17-9-5-3-6-10-17)18-11-7-4-8-12-18/h3-15,23H,16H2,1-2H3,(H,25,26). The van der Waals surface area contributed by atoms with E-state index in [4.69, 9.17) is 14.2 Å². The van der Waals surface area contributed by atoms with Gasteiger partial charge in [-0.05, 0) is 29.3 Å². The number of hydrogen-bond acceptors (Lipinski definition) is 5. The molecule has 0 atom stereocenters. The van der Waals surface area contributed by atoms with Gasteiger partial charge in [0.2, 0.25) is 0 Å². The average Bonchev–Trinajstić information content (AvgIpc) is 2.81. The number of nitrogens with one attached hydrogen (secondary N) is 1. The van der Waals surface area contributed by atoms with Crippen molar-refractivity contribution in [2.75, 3.05) is 20.8 Å². The highest BCUT2D eigenvalue weighted by molar-refractivity contribution is 5.94. The lowest BCUT2D eigenvalue weighted by atomic mass is 9.99. The monoisotopic (exact) mass is 405 g/mol. The zero-order valence-electron chi connectivity index (χ0n) is 16.8. The van der Waals surface area contributed by atoms with E-state index in [1.54, 1.807) is 12.1 Å². The van der Waals surface area contributed by atoms with Crippen LogP contribution in [0, 0.1) is 0 Å². The first-order valence-corrected chi connectivity index (χ1v) is 9.40. The maximum absolute atomic E-state index is 12.6. The molecule has 6 nitrogen and oxygen atoms in total. The second kappa shape index (κ2) is 10.1. The smallest absolute Gasteiger partial charge is 0.342 e. The molecule has 0 aliphatic rings. The number of carbonyl (C=O) groups is 2. The van der Waals surface area contributed by atoms with Gasteiger partial charge in [0.25, 0.3) is 5.91 Å². The molecule has 0 aliphatic heterocycles. The number of carbonyl (C=O) groups excluding carboxylic acids is 2. The van der Waals surface area contributed by atoms with Gasteiger partial charge in [0.15, 0.2) is 6.61 Å². The highest BCUT2D eigenvalue weighted by Crippen LogP contribution is 2.25. The van der Waals surface area contributed by atoms with Gasteiger partial charge in [-0.25, -0.2) is 4.79 Å². The van der Waals surface area contributed by atoms with E-state index in [9.17, 15) is 9.59 Å². The number of amides is 1. The Labute approximate surface area is 175 Å². The van der Waals surface area contributed by atoms with Gasteiger partial charge in [-0.1, -0.05) is 60.7 Å². The number of rotatable bonds is 8. The molecule has 0 saturated carbocycles. The number of benzene rings is 3. The first-order valence-electron chi connectivity index (χ1n) is 9.40. The highest BCUT2D eigenvalue weighted by Gasteiger charge is 2.20. The van der Waals surface area contributed by atoms with Gasteiger partial charge in [0.05, 0.1) is 20.3 Å². The van der Waals surface area contributed by atoms with Gasteiger partial charge in [-0.2, -0.15) is 0 Å². The third-order valence-corrected chi connectivity index (χ3v) is 4.53. The lowest BCUT2D eigenvalue weighted by molar-refractivity contribution is -0.124. The third-order valence-electron chi connectivity index (χ3n) is 4.53. The Morgan fingerprint density at radius 3 is 1.97 bits per heavy atom. The quantitative estimate of drug-likeness (QED) is 0.578. The zero-order valence-corrected chi connectivity index (χ0v) is 16.8. The van der Waals surface area contributed by atoms with Crippen LogP contribution >= 0.6 is 0 Å². The molecule has 0 aliphatic carbocycles. The highest BCUT2D eigenvalue weighted by atomic mass is 16.5. The molecule has 0 bridgehead atoms. The molecule has 3 rings (SSSR count). The maximum Gasteiger partial charge on any atom is 0.342 e. The summed E-state index contributed by atoms with van der Waals surface area (Å²) >= 11 is 0. The van der Waals surface area contributed by atoms with E-state index in [0.717, 1.165) is 11.1 Å². The van der Waals surface area contributed by atoms with Crippen molar-refractivity contribution in [2.45, 2.75) is 6.04 Å². The number of methoxy groups -OCH3 is 2. The Morgan fingerprint density at radius 2 is 1.43 bits per heavy atom. The Morgan fingerprint density at radius 1 is 0.833 bits per heavy atom. The second-order valence-electron chi connectivity index (χ2n) is 6.46. The molecule has 0 fully saturated rings. The molecule has 0 radical (unpaired) electrons. The van der Waals surface area contributed by atoms with Crippen molar-refractivity contribution in [3.8, 4) is 11.5 Å². The lowest BCUT2D eigenvalue weighted by Crippen LogP contribution is -2.33. The molecule has 30 heavy (non-hydrogen) atoms. The van der Waals surface area contributed by atoms with Crippen LogP contribution in [0.25, 0.3) is 0 Å². The number of esters is 1. The van der Waals surface area contributed by atoms with E-state index >= 15 is 0 Å². The number of ether oxygens (including phenoxy) is 3. The SMILES string of the molecule is COc1ccc(OC)c(C(=O)OCC(=O)NC(c2ccccc2)c2ccccc2)c1. The Balaban J connectivity index is 1.70. The van der Waals surface area contributed by atoms with E-state index in [0.29, 0.717) is 11.5 Å². The predicted octanol–water partition coefficient (Wildman–Crippen LogP) is 3.77. The molecule has 154 valence electrons. The van der Waals surface area contributed by atoms with Crippen molar-refractivity contribution in [3.63, 3.8) is 0 Å². The minimum atomic E-state index is -0.670. The fourth-order valence-corrected chi connectivity index (χ4v) is 3.04. The lowest BCUT2D eigenvalue weighted by Gasteiger charge is -2.20. The zero-order chi connectivity index (χ0) is 21.3. The molecule has 1 N–H and O–H groups in total. The summed E-state index contributed by atoms with van der Waals surface area (Å²) in [5.41, 5.74) is 2.04. The first-order chi connectivity index (χ1) is 14.6. The van der Waals surface area contributed by atoms with Crippen molar-refractivity contribution >= 4 is 11.9 Å². The van der Waals surface area contributed by atoms with Gasteiger partial charge >= 0.3 is 5.97 Å². The minimum Gasteiger partial charge on any atom is -0.497 e. The topological polar surface area (TPSA) is 73.9 Å². The summed E-state index contributed by atoms with van der Waals surface area (Å²) in [5.74, 6) is -0.257. The second-order valence-corrected chi connectivity index (χ2v) is 6.46. The molecule has 3 aromatic rings. The Kier molecular flexibility index (Phi) is 7.05. The van der Waals surface area contributed by atoms with E-state index in [2.05, 4.69) is 5.32 Å². The fourth-order valence-electron chi connectivity index (χ4n) is 3.04. The summed E-state index contributed by atoms with van der Waals surface area (Å²) in [6.45, 7) is -0.421. The molecule has 0 heterocycles. The molecular formula is C24H23NO5. The van der Waals surface area contributed by atoms with Crippen LogP contribution < -0.4 is 14.8 Å². The summed E-state index contributed by atoms with van der Waals surface area (Å²) < 4.78 is 15.6. The molecule has 0 aromatic heterocycles. The van der Waals surface area contributed by atoms with Gasteiger partial charge < -0.3 is 19.5 Å². The summed E-state index contributed by atoms with van der Waals surface area (Å²) in [7, 11) is 2.95. The van der Waals surface area contributed by atoms with Crippen molar-refractivity contribution in [1.29, 1.82) is 0 Å². The van der Waals surface area contributed by atoms with Gasteiger partial charge in [0, 0.05) is 0 Å². The largest absolute Gasteiger partial charge is 0.497 e. The van der Waals surface area contributed by atoms with Gasteiger partial charge in [0.1, 0.15) is 17.1 Å². The molecule has 1 amide bonds. The molecule has 0 unspecified atom stereocenters. The first kappa shape index (κ1) is 20.9. The van der Waals surface area contributed by atoms with Crippen LogP contribution in [0.2, 0.25) is 0 Å². The van der Waals surface area contributed by atoms with Crippen LogP contribution in [-0.4, -0.2) is 32.7 Å². The van der Waals surface area contributed by atoms with Crippen LogP contribution in [0.5, 0.6) is 11.5 Å². The predicted molar refractivity (Wildman–Crippen MR) is 113 cm³/mol. The van der Waals surface area contributed by atoms with Crippen LogP contribution in [-0.2, 0) is 9.53 Å². The van der Waals surface area contributed by atoms with Crippen LogP contribution in [0.1, 0.15) is 27.5 Å². The molecule has 0 saturated heterocycles. The van der Waals surface area contributed by atoms with E-state index in [1.807, 2.05) is 60.7 Å². The van der Waals surface area contributed by atoms with E-state index in [-0.39, 0.29) is 11.6 Å². The van der Waals surface area contributed by atoms with Crippen LogP contribution in [0.4, 0.5) is 0 Å². The van der Waals surface area contributed by atoms with E-state index < -0.39 is 18.5 Å². The maximum atomic E-state index is 12.6. The van der Waals surface area contributed by atoms with Crippen LogP contribution in [0.3, 0.4) is 0 Å². The summed E-state index contributed by atoms with van der Waals surface area (Å²) in [6.07, 6.45) is 0. The van der Waals surface area contributed by atoms with Gasteiger partial charge in [-0.3, -0.25) is 4.79 Å². The van der Waals surface area contributed by atoms with Gasteiger partial charge in [-0.15, -0.1) is 0 Å². The van der Waals surface area contributed by atoms with Crippen molar-refractivity contribution in [2.24, 2.45) is 0 Å². The minimum absolute atomic E-state index is 0.187. The summed E-state index contributed by atoms with van der Waals surface area (Å²) in [5, 5.41) is 2.94. The number of hydrogen-bond donors (Lipinski definition) is 1. The molecule has 0 spiro atoms. The van der Waals surface area contributed by atoms with Crippen molar-refractivity contribution < 1.29 is 23.8 Å². The normalized spacial score (nSPS) is 10.4. The van der Waals surface area contributed by atoms with Crippen LogP contribution in [0.15, 0.2) is 78.9 Å². The van der Waals surface area contributed by atoms with Crippen molar-refractivity contribution in [1.82, 2.24) is 5.32 Å². The average molecular weight is 405 g/mol. The fraction of sp³-hybridized carbons (Fsp3) is 0.167. The summed E-state index contributed by atoms with van der Waals surface area (Å²) in [4.78, 5) is 25.1.